The van der Waals surface area contributed by atoms with Gasteiger partial charge in [0.25, 0.3) is 0 Å². The van der Waals surface area contributed by atoms with Gasteiger partial charge in [0, 0.05) is 36.2 Å². The van der Waals surface area contributed by atoms with Crippen molar-refractivity contribution in [1.29, 1.82) is 0 Å². The molecule has 0 saturated carbocycles. The number of nitrogens with zero attached hydrogens (tertiary/aromatic N) is 2. The molecule has 0 aliphatic heterocycles. The number of hydrogen-bond acceptors (Lipinski definition) is 6. The number of aryl methyl sites for hydroxylation is 1. The third kappa shape index (κ3) is 5.65. The van der Waals surface area contributed by atoms with E-state index in [2.05, 4.69) is 20.8 Å². The number of carbonyl (C=O) groups is 2. The molecule has 0 unspecified atom stereocenters. The lowest BCUT2D eigenvalue weighted by atomic mass is 10.2. The standard InChI is InChI=1S/C21H22N4O4/c1-3-18(26)22-15-6-8-16(9-7-15)23-19(27)12-13-20-24-21(25-29-20)14-4-10-17(28-2)11-5-14/h4-11H,3,12-13H2,1-2H3,(H,22,26)(H,23,27). The van der Waals surface area contributed by atoms with Gasteiger partial charge < -0.3 is 19.9 Å². The van der Waals surface area contributed by atoms with Crippen LogP contribution >= 0.6 is 0 Å². The van der Waals surface area contributed by atoms with E-state index in [1.165, 1.54) is 0 Å². The van der Waals surface area contributed by atoms with E-state index >= 15 is 0 Å². The Kier molecular flexibility index (Phi) is 6.57. The van der Waals surface area contributed by atoms with E-state index in [0.29, 0.717) is 35.9 Å². The maximum atomic E-state index is 12.2. The molecule has 1 aromatic heterocycles. The molecular formula is C21H22N4O4. The van der Waals surface area contributed by atoms with Crippen LogP contribution in [0.4, 0.5) is 11.4 Å². The van der Waals surface area contributed by atoms with Crippen molar-refractivity contribution >= 4 is 23.2 Å². The first kappa shape index (κ1) is 20.1. The number of anilines is 2. The number of aromatic nitrogens is 2. The molecule has 1 heterocycles. The van der Waals surface area contributed by atoms with Crippen molar-refractivity contribution in [1.82, 2.24) is 10.1 Å². The fraction of sp³-hybridized carbons (Fsp3) is 0.238. The van der Waals surface area contributed by atoms with Gasteiger partial charge in [-0.3, -0.25) is 9.59 Å². The Morgan fingerprint density at radius 1 is 0.966 bits per heavy atom. The summed E-state index contributed by atoms with van der Waals surface area (Å²) in [6, 6.07) is 14.3. The van der Waals surface area contributed by atoms with E-state index in [4.69, 9.17) is 9.26 Å². The number of benzene rings is 2. The molecule has 2 amide bonds. The van der Waals surface area contributed by atoms with Crippen LogP contribution in [0.2, 0.25) is 0 Å². The summed E-state index contributed by atoms with van der Waals surface area (Å²) in [6.07, 6.45) is 0.951. The van der Waals surface area contributed by atoms with Crippen LogP contribution in [-0.4, -0.2) is 29.1 Å². The third-order valence-corrected chi connectivity index (χ3v) is 4.16. The molecule has 3 rings (SSSR count). The number of hydrogen-bond donors (Lipinski definition) is 2. The van der Waals surface area contributed by atoms with Crippen molar-refractivity contribution in [3.8, 4) is 17.1 Å². The van der Waals surface area contributed by atoms with Gasteiger partial charge in [-0.05, 0) is 48.5 Å². The van der Waals surface area contributed by atoms with E-state index in [0.717, 1.165) is 11.3 Å². The molecule has 0 atom stereocenters. The van der Waals surface area contributed by atoms with Gasteiger partial charge in [-0.25, -0.2) is 0 Å². The zero-order valence-electron chi connectivity index (χ0n) is 16.3. The lowest BCUT2D eigenvalue weighted by Gasteiger charge is -2.07. The Bertz CT molecular complexity index is 965. The summed E-state index contributed by atoms with van der Waals surface area (Å²) in [5, 5.41) is 9.51. The van der Waals surface area contributed by atoms with Gasteiger partial charge in [-0.15, -0.1) is 0 Å². The first-order valence-electron chi connectivity index (χ1n) is 9.24. The monoisotopic (exact) mass is 394 g/mol. The van der Waals surface area contributed by atoms with Crippen LogP contribution < -0.4 is 15.4 Å². The molecular weight excluding hydrogens is 372 g/mol. The van der Waals surface area contributed by atoms with Crippen LogP contribution in [0.25, 0.3) is 11.4 Å². The Morgan fingerprint density at radius 2 is 1.59 bits per heavy atom. The van der Waals surface area contributed by atoms with Crippen molar-refractivity contribution in [3.05, 3.63) is 54.4 Å². The highest BCUT2D eigenvalue weighted by molar-refractivity contribution is 5.92. The van der Waals surface area contributed by atoms with E-state index < -0.39 is 0 Å². The molecule has 0 aliphatic rings. The molecule has 8 nitrogen and oxygen atoms in total. The summed E-state index contributed by atoms with van der Waals surface area (Å²) in [5.41, 5.74) is 2.14. The number of amides is 2. The lowest BCUT2D eigenvalue weighted by Crippen LogP contribution is -2.13. The van der Waals surface area contributed by atoms with Crippen molar-refractivity contribution < 1.29 is 18.8 Å². The number of methoxy groups -OCH3 is 1. The molecule has 0 bridgehead atoms. The SMILES string of the molecule is CCC(=O)Nc1ccc(NC(=O)CCc2nc(-c3ccc(OC)cc3)no2)cc1. The zero-order valence-corrected chi connectivity index (χ0v) is 16.3. The minimum atomic E-state index is -0.167. The molecule has 0 radical (unpaired) electrons. The second-order valence-corrected chi connectivity index (χ2v) is 6.27. The smallest absolute Gasteiger partial charge is 0.227 e. The second kappa shape index (κ2) is 9.50. The number of rotatable bonds is 8. The molecule has 150 valence electrons. The lowest BCUT2D eigenvalue weighted by molar-refractivity contribution is -0.116. The fourth-order valence-electron chi connectivity index (χ4n) is 2.54. The van der Waals surface area contributed by atoms with E-state index in [1.54, 1.807) is 38.3 Å². The Balaban J connectivity index is 1.50. The molecule has 3 aromatic rings. The molecule has 29 heavy (non-hydrogen) atoms. The minimum Gasteiger partial charge on any atom is -0.497 e. The van der Waals surface area contributed by atoms with Crippen LogP contribution in [0.15, 0.2) is 53.1 Å². The summed E-state index contributed by atoms with van der Waals surface area (Å²) >= 11 is 0. The van der Waals surface area contributed by atoms with Crippen LogP contribution in [-0.2, 0) is 16.0 Å². The maximum Gasteiger partial charge on any atom is 0.227 e. The summed E-state index contributed by atoms with van der Waals surface area (Å²) in [7, 11) is 1.60. The van der Waals surface area contributed by atoms with Crippen molar-refractivity contribution in [2.45, 2.75) is 26.2 Å². The van der Waals surface area contributed by atoms with Crippen LogP contribution in [0.1, 0.15) is 25.7 Å². The molecule has 0 aliphatic carbocycles. The largest absolute Gasteiger partial charge is 0.497 e. The molecule has 0 spiro atoms. The van der Waals surface area contributed by atoms with E-state index in [9.17, 15) is 9.59 Å². The Morgan fingerprint density at radius 3 is 2.17 bits per heavy atom. The summed E-state index contributed by atoms with van der Waals surface area (Å²) < 4.78 is 10.4. The van der Waals surface area contributed by atoms with E-state index in [-0.39, 0.29) is 18.2 Å². The zero-order chi connectivity index (χ0) is 20.6. The van der Waals surface area contributed by atoms with Gasteiger partial charge in [-0.2, -0.15) is 4.98 Å². The van der Waals surface area contributed by atoms with Gasteiger partial charge in [0.1, 0.15) is 5.75 Å². The predicted molar refractivity (Wildman–Crippen MR) is 109 cm³/mol. The molecule has 0 saturated heterocycles. The molecule has 0 fully saturated rings. The topological polar surface area (TPSA) is 106 Å². The third-order valence-electron chi connectivity index (χ3n) is 4.16. The normalized spacial score (nSPS) is 10.4. The van der Waals surface area contributed by atoms with Crippen LogP contribution in [0, 0.1) is 0 Å². The minimum absolute atomic E-state index is 0.0599. The van der Waals surface area contributed by atoms with Gasteiger partial charge in [0.15, 0.2) is 0 Å². The first-order chi connectivity index (χ1) is 14.1. The van der Waals surface area contributed by atoms with Gasteiger partial charge in [-0.1, -0.05) is 12.1 Å². The predicted octanol–water partition coefficient (Wildman–Crippen LogP) is 3.67. The van der Waals surface area contributed by atoms with Gasteiger partial charge in [0.2, 0.25) is 23.5 Å². The summed E-state index contributed by atoms with van der Waals surface area (Å²) in [6.45, 7) is 1.79. The highest BCUT2D eigenvalue weighted by Crippen LogP contribution is 2.20. The van der Waals surface area contributed by atoms with Gasteiger partial charge in [0.05, 0.1) is 7.11 Å². The van der Waals surface area contributed by atoms with Crippen molar-refractivity contribution in [3.63, 3.8) is 0 Å². The quantitative estimate of drug-likeness (QED) is 0.604. The molecule has 8 heteroatoms. The average Bonchev–Trinajstić information content (AvgIpc) is 3.23. The highest BCUT2D eigenvalue weighted by Gasteiger charge is 2.11. The molecule has 2 aromatic carbocycles. The van der Waals surface area contributed by atoms with Crippen LogP contribution in [0.3, 0.4) is 0 Å². The molecule has 2 N–H and O–H groups in total. The maximum absolute atomic E-state index is 12.2. The average molecular weight is 394 g/mol. The Hall–Kier alpha value is -3.68. The van der Waals surface area contributed by atoms with Gasteiger partial charge >= 0.3 is 0 Å². The summed E-state index contributed by atoms with van der Waals surface area (Å²) in [4.78, 5) is 27.9. The van der Waals surface area contributed by atoms with Crippen LogP contribution in [0.5, 0.6) is 5.75 Å². The Labute approximate surface area is 168 Å². The number of ether oxygens (including phenoxy) is 1. The number of nitrogens with one attached hydrogen (secondary N) is 2. The second-order valence-electron chi connectivity index (χ2n) is 6.27. The fourth-order valence-corrected chi connectivity index (χ4v) is 2.54. The van der Waals surface area contributed by atoms with E-state index in [1.807, 2.05) is 24.3 Å². The summed E-state index contributed by atoms with van der Waals surface area (Å²) in [5.74, 6) is 1.38. The highest BCUT2D eigenvalue weighted by atomic mass is 16.5. The first-order valence-corrected chi connectivity index (χ1v) is 9.24. The van der Waals surface area contributed by atoms with Crippen molar-refractivity contribution in [2.24, 2.45) is 0 Å². The number of carbonyl (C=O) groups excluding carboxylic acids is 2. The van der Waals surface area contributed by atoms with Crippen molar-refractivity contribution in [2.75, 3.05) is 17.7 Å².